The van der Waals surface area contributed by atoms with Gasteiger partial charge in [-0.05, 0) is 51.0 Å². The fraction of sp³-hybridized carbons (Fsp3) is 0.650. The second-order valence-electron chi connectivity index (χ2n) is 6.25. The normalized spacial score (nSPS) is 15.8. The van der Waals surface area contributed by atoms with Gasteiger partial charge in [0, 0.05) is 39.2 Å². The van der Waals surface area contributed by atoms with Gasteiger partial charge in [0.05, 0.1) is 19.8 Å². The number of methoxy groups -OCH3 is 1. The van der Waals surface area contributed by atoms with E-state index in [1.807, 2.05) is 24.3 Å². The van der Waals surface area contributed by atoms with Crippen LogP contribution in [-0.2, 0) is 4.74 Å². The van der Waals surface area contributed by atoms with Gasteiger partial charge in [-0.2, -0.15) is 0 Å². The largest absolute Gasteiger partial charge is 0.497 e. The molecule has 2 rings (SSSR count). The maximum absolute atomic E-state index is 5.76. The Labute approximate surface area is 157 Å². The highest BCUT2D eigenvalue weighted by atomic mass is 16.5. The van der Waals surface area contributed by atoms with Gasteiger partial charge in [-0.25, -0.2) is 0 Å². The molecule has 26 heavy (non-hydrogen) atoms. The van der Waals surface area contributed by atoms with E-state index in [-0.39, 0.29) is 0 Å². The lowest BCUT2D eigenvalue weighted by atomic mass is 10.1. The topological polar surface area (TPSA) is 55.3 Å². The number of aliphatic imine (C=N–C) groups is 1. The lowest BCUT2D eigenvalue weighted by molar-refractivity contribution is 0.0264. The molecule has 6 nitrogen and oxygen atoms in total. The van der Waals surface area contributed by atoms with Crippen LogP contribution in [0.5, 0.6) is 11.5 Å². The molecule has 1 N–H and O–H groups in total. The smallest absolute Gasteiger partial charge is 0.193 e. The van der Waals surface area contributed by atoms with Crippen molar-refractivity contribution in [2.75, 3.05) is 46.5 Å². The monoisotopic (exact) mass is 363 g/mol. The number of piperidine rings is 1. The number of guanidine groups is 1. The number of ether oxygens (including phenoxy) is 3. The molecule has 0 saturated carbocycles. The molecule has 1 saturated heterocycles. The Bertz CT molecular complexity index is 526. The van der Waals surface area contributed by atoms with Crippen molar-refractivity contribution < 1.29 is 14.2 Å². The van der Waals surface area contributed by atoms with Crippen LogP contribution in [0.2, 0.25) is 0 Å². The summed E-state index contributed by atoms with van der Waals surface area (Å²) in [6, 6.07) is 7.66. The molecule has 1 aliphatic heterocycles. The third kappa shape index (κ3) is 6.75. The van der Waals surface area contributed by atoms with Crippen LogP contribution in [0.4, 0.5) is 0 Å². The van der Waals surface area contributed by atoms with Crippen LogP contribution in [0.15, 0.2) is 29.3 Å². The minimum atomic E-state index is 0.400. The first-order valence-corrected chi connectivity index (χ1v) is 9.68. The quantitative estimate of drug-likeness (QED) is 0.415. The van der Waals surface area contributed by atoms with Crippen molar-refractivity contribution in [1.29, 1.82) is 0 Å². The van der Waals surface area contributed by atoms with Crippen LogP contribution >= 0.6 is 0 Å². The Morgan fingerprint density at radius 2 is 1.85 bits per heavy atom. The molecule has 146 valence electrons. The molecule has 0 bridgehead atoms. The fourth-order valence-electron chi connectivity index (χ4n) is 3.01. The van der Waals surface area contributed by atoms with Gasteiger partial charge < -0.3 is 24.4 Å². The summed E-state index contributed by atoms with van der Waals surface area (Å²) < 4.78 is 16.6. The molecule has 1 aromatic rings. The van der Waals surface area contributed by atoms with Crippen LogP contribution in [0.3, 0.4) is 0 Å². The summed E-state index contributed by atoms with van der Waals surface area (Å²) in [5.41, 5.74) is 0. The number of hydrogen-bond acceptors (Lipinski definition) is 4. The van der Waals surface area contributed by atoms with E-state index in [1.54, 1.807) is 7.11 Å². The molecule has 1 fully saturated rings. The Morgan fingerprint density at radius 3 is 2.46 bits per heavy atom. The van der Waals surface area contributed by atoms with E-state index in [4.69, 9.17) is 19.2 Å². The Balaban J connectivity index is 1.72. The van der Waals surface area contributed by atoms with E-state index < -0.39 is 0 Å². The van der Waals surface area contributed by atoms with Gasteiger partial charge in [-0.3, -0.25) is 4.99 Å². The van der Waals surface area contributed by atoms with Crippen molar-refractivity contribution in [3.05, 3.63) is 24.3 Å². The average molecular weight is 364 g/mol. The lowest BCUT2D eigenvalue weighted by Gasteiger charge is -2.34. The third-order valence-electron chi connectivity index (χ3n) is 4.37. The average Bonchev–Trinajstić information content (AvgIpc) is 2.68. The fourth-order valence-corrected chi connectivity index (χ4v) is 3.01. The van der Waals surface area contributed by atoms with Gasteiger partial charge in [-0.15, -0.1) is 0 Å². The second-order valence-corrected chi connectivity index (χ2v) is 6.25. The molecular formula is C20H33N3O3. The molecule has 0 radical (unpaired) electrons. The number of likely N-dealkylation sites (tertiary alicyclic amines) is 1. The van der Waals surface area contributed by atoms with Gasteiger partial charge in [0.1, 0.15) is 11.5 Å². The molecule has 6 heteroatoms. The molecule has 0 aromatic heterocycles. The van der Waals surface area contributed by atoms with Gasteiger partial charge in [0.25, 0.3) is 0 Å². The number of nitrogens with one attached hydrogen (secondary N) is 1. The zero-order chi connectivity index (χ0) is 18.6. The van der Waals surface area contributed by atoms with Gasteiger partial charge in [0.15, 0.2) is 5.96 Å². The number of rotatable bonds is 9. The molecule has 1 heterocycles. The summed E-state index contributed by atoms with van der Waals surface area (Å²) >= 11 is 0. The molecule has 0 unspecified atom stereocenters. The lowest BCUT2D eigenvalue weighted by Crippen LogP contribution is -2.47. The standard InChI is InChI=1S/C20H33N3O3/c1-4-21-20(23-14-11-19(12-15-23)25-5-2)22-13-6-16-26-18-9-7-17(24-3)8-10-18/h7-10,19H,4-6,11-16H2,1-3H3,(H,21,22). The SMILES string of the molecule is CCNC(=NCCCOc1ccc(OC)cc1)N1CCC(OCC)CC1. The minimum absolute atomic E-state index is 0.400. The van der Waals surface area contributed by atoms with Gasteiger partial charge in [-0.1, -0.05) is 0 Å². The summed E-state index contributed by atoms with van der Waals surface area (Å²) in [6.07, 6.45) is 3.42. The highest BCUT2D eigenvalue weighted by molar-refractivity contribution is 5.80. The van der Waals surface area contributed by atoms with Gasteiger partial charge >= 0.3 is 0 Å². The maximum atomic E-state index is 5.76. The van der Waals surface area contributed by atoms with Crippen molar-refractivity contribution >= 4 is 5.96 Å². The van der Waals surface area contributed by atoms with E-state index in [0.717, 1.165) is 69.5 Å². The predicted octanol–water partition coefficient (Wildman–Crippen LogP) is 2.93. The van der Waals surface area contributed by atoms with Crippen molar-refractivity contribution in [1.82, 2.24) is 10.2 Å². The summed E-state index contributed by atoms with van der Waals surface area (Å²) in [5.74, 6) is 2.71. The first-order valence-electron chi connectivity index (χ1n) is 9.68. The van der Waals surface area contributed by atoms with E-state index in [1.165, 1.54) is 0 Å². The first-order chi connectivity index (χ1) is 12.8. The highest BCUT2D eigenvalue weighted by Gasteiger charge is 2.21. The number of hydrogen-bond donors (Lipinski definition) is 1. The molecule has 0 amide bonds. The summed E-state index contributed by atoms with van der Waals surface area (Å²) in [6.45, 7) is 9.25. The molecule has 0 aliphatic carbocycles. The van der Waals surface area contributed by atoms with E-state index >= 15 is 0 Å². The number of nitrogens with zero attached hydrogens (tertiary/aromatic N) is 2. The molecule has 1 aliphatic rings. The van der Waals surface area contributed by atoms with Crippen molar-refractivity contribution in [2.24, 2.45) is 4.99 Å². The van der Waals surface area contributed by atoms with Crippen LogP contribution in [0.25, 0.3) is 0 Å². The zero-order valence-electron chi connectivity index (χ0n) is 16.4. The Kier molecular flexibility index (Phi) is 9.10. The summed E-state index contributed by atoms with van der Waals surface area (Å²) in [4.78, 5) is 7.09. The van der Waals surface area contributed by atoms with E-state index in [9.17, 15) is 0 Å². The van der Waals surface area contributed by atoms with Crippen LogP contribution < -0.4 is 14.8 Å². The third-order valence-corrected chi connectivity index (χ3v) is 4.37. The second kappa shape index (κ2) is 11.6. The maximum Gasteiger partial charge on any atom is 0.193 e. The summed E-state index contributed by atoms with van der Waals surface area (Å²) in [5, 5.41) is 3.40. The minimum Gasteiger partial charge on any atom is -0.497 e. The van der Waals surface area contributed by atoms with Crippen LogP contribution in [0, 0.1) is 0 Å². The van der Waals surface area contributed by atoms with Crippen molar-refractivity contribution in [2.45, 2.75) is 39.2 Å². The van der Waals surface area contributed by atoms with Gasteiger partial charge in [0.2, 0.25) is 0 Å². The van der Waals surface area contributed by atoms with Crippen molar-refractivity contribution in [3.8, 4) is 11.5 Å². The molecule has 0 spiro atoms. The predicted molar refractivity (Wildman–Crippen MR) is 105 cm³/mol. The highest BCUT2D eigenvalue weighted by Crippen LogP contribution is 2.17. The van der Waals surface area contributed by atoms with E-state index in [2.05, 4.69) is 24.1 Å². The van der Waals surface area contributed by atoms with Crippen molar-refractivity contribution in [3.63, 3.8) is 0 Å². The number of benzene rings is 1. The van der Waals surface area contributed by atoms with Crippen LogP contribution in [-0.4, -0.2) is 63.5 Å². The zero-order valence-corrected chi connectivity index (χ0v) is 16.4. The van der Waals surface area contributed by atoms with Crippen LogP contribution in [0.1, 0.15) is 33.1 Å². The Morgan fingerprint density at radius 1 is 1.15 bits per heavy atom. The van der Waals surface area contributed by atoms with E-state index in [0.29, 0.717) is 12.7 Å². The first kappa shape index (κ1) is 20.4. The molecule has 0 atom stereocenters. The molecule has 1 aromatic carbocycles. The Hall–Kier alpha value is -1.95. The molecular weight excluding hydrogens is 330 g/mol. The summed E-state index contributed by atoms with van der Waals surface area (Å²) in [7, 11) is 1.66.